The number of phenols is 1. The van der Waals surface area contributed by atoms with Gasteiger partial charge in [0.25, 0.3) is 0 Å². The van der Waals surface area contributed by atoms with E-state index >= 15 is 0 Å². The molecule has 178 valence electrons. The van der Waals surface area contributed by atoms with Crippen LogP contribution in [0.2, 0.25) is 0 Å². The highest BCUT2D eigenvalue weighted by Crippen LogP contribution is 2.49. The van der Waals surface area contributed by atoms with Crippen LogP contribution in [0.1, 0.15) is 39.4 Å². The number of esters is 1. The Morgan fingerprint density at radius 3 is 2.37 bits per heavy atom. The summed E-state index contributed by atoms with van der Waals surface area (Å²) >= 11 is 0. The minimum atomic E-state index is -0.448. The molecule has 0 bridgehead atoms. The summed E-state index contributed by atoms with van der Waals surface area (Å²) in [5, 5.41) is 9.99. The Morgan fingerprint density at radius 2 is 1.66 bits per heavy atom. The zero-order valence-corrected chi connectivity index (χ0v) is 19.3. The molecule has 0 aromatic heterocycles. The number of hydrogen-bond donors (Lipinski definition) is 1. The van der Waals surface area contributed by atoms with Crippen LogP contribution >= 0.6 is 0 Å². The zero-order chi connectivity index (χ0) is 24.7. The normalized spacial score (nSPS) is 17.3. The van der Waals surface area contributed by atoms with Crippen LogP contribution in [0.4, 0.5) is 0 Å². The van der Waals surface area contributed by atoms with Crippen LogP contribution in [0, 0.1) is 0 Å². The van der Waals surface area contributed by atoms with E-state index in [1.165, 1.54) is 21.3 Å². The molecular weight excluding hydrogens is 452 g/mol. The molecule has 0 radical (unpaired) electrons. The molecule has 0 saturated heterocycles. The topological polar surface area (TPSA) is 101 Å². The van der Waals surface area contributed by atoms with E-state index in [0.717, 1.165) is 0 Å². The predicted molar refractivity (Wildman–Crippen MR) is 126 cm³/mol. The SMILES string of the molecule is COc1cc(OC)c(OC)cc1/C=C1\Oc2c(ccc3c2[C@@H](c2cccc(O)c2)CC(=O)O3)C1=O. The van der Waals surface area contributed by atoms with E-state index < -0.39 is 11.9 Å². The van der Waals surface area contributed by atoms with E-state index in [2.05, 4.69) is 0 Å². The standard InChI is InChI=1S/C27H22O8/c1-31-20-13-22(33-3)21(32-2)10-15(20)11-23-26(30)17-7-8-19-25(27(17)35-23)18(12-24(29)34-19)14-5-4-6-16(28)9-14/h4-11,13,18,28H,12H2,1-3H3/b23-11-/t18-/m1/s1. The molecule has 3 aromatic carbocycles. The third kappa shape index (κ3) is 3.82. The molecule has 0 unspecified atom stereocenters. The fourth-order valence-corrected chi connectivity index (χ4v) is 4.44. The van der Waals surface area contributed by atoms with Crippen LogP contribution in [0.25, 0.3) is 6.08 Å². The summed E-state index contributed by atoms with van der Waals surface area (Å²) in [6, 6.07) is 13.2. The van der Waals surface area contributed by atoms with E-state index in [9.17, 15) is 14.7 Å². The number of benzene rings is 3. The van der Waals surface area contributed by atoms with Crippen molar-refractivity contribution in [2.24, 2.45) is 0 Å². The van der Waals surface area contributed by atoms with Crippen LogP contribution in [0.5, 0.6) is 34.5 Å². The van der Waals surface area contributed by atoms with Crippen molar-refractivity contribution < 1.29 is 38.4 Å². The molecule has 1 atom stereocenters. The average molecular weight is 474 g/mol. The number of fused-ring (bicyclic) bond motifs is 3. The number of allylic oxidation sites excluding steroid dienone is 1. The second-order valence-corrected chi connectivity index (χ2v) is 8.07. The molecular formula is C27H22O8. The third-order valence-electron chi connectivity index (χ3n) is 6.07. The highest BCUT2D eigenvalue weighted by Gasteiger charge is 2.38. The smallest absolute Gasteiger partial charge is 0.312 e. The quantitative estimate of drug-likeness (QED) is 0.328. The number of hydrogen-bond acceptors (Lipinski definition) is 8. The summed E-state index contributed by atoms with van der Waals surface area (Å²) in [5.41, 5.74) is 2.22. The van der Waals surface area contributed by atoms with Crippen molar-refractivity contribution in [1.82, 2.24) is 0 Å². The molecule has 0 fully saturated rings. The molecule has 8 nitrogen and oxygen atoms in total. The Hall–Kier alpha value is -4.46. The first kappa shape index (κ1) is 22.3. The van der Waals surface area contributed by atoms with Gasteiger partial charge in [0.15, 0.2) is 17.3 Å². The molecule has 3 aromatic rings. The molecule has 1 N–H and O–H groups in total. The Balaban J connectivity index is 1.61. The van der Waals surface area contributed by atoms with Crippen molar-refractivity contribution >= 4 is 17.8 Å². The summed E-state index contributed by atoms with van der Waals surface area (Å²) in [6.45, 7) is 0. The van der Waals surface area contributed by atoms with Crippen LogP contribution in [0.3, 0.4) is 0 Å². The molecule has 2 heterocycles. The minimum absolute atomic E-state index is 0.0486. The number of methoxy groups -OCH3 is 3. The number of rotatable bonds is 5. The van der Waals surface area contributed by atoms with Crippen molar-refractivity contribution in [2.45, 2.75) is 12.3 Å². The Bertz CT molecular complexity index is 1390. The fourth-order valence-electron chi connectivity index (χ4n) is 4.44. The van der Waals surface area contributed by atoms with Gasteiger partial charge in [-0.3, -0.25) is 9.59 Å². The molecule has 0 amide bonds. The zero-order valence-electron chi connectivity index (χ0n) is 19.3. The van der Waals surface area contributed by atoms with Crippen LogP contribution in [0.15, 0.2) is 54.3 Å². The Morgan fingerprint density at radius 1 is 0.914 bits per heavy atom. The molecule has 0 aliphatic carbocycles. The molecule has 5 rings (SSSR count). The van der Waals surface area contributed by atoms with E-state index in [-0.39, 0.29) is 23.7 Å². The van der Waals surface area contributed by atoms with E-state index in [1.807, 2.05) is 6.07 Å². The first-order valence-corrected chi connectivity index (χ1v) is 10.8. The van der Waals surface area contributed by atoms with Gasteiger partial charge in [0.2, 0.25) is 5.78 Å². The maximum Gasteiger partial charge on any atom is 0.312 e. The number of Topliss-reactive ketones (excluding diaryl/α,β-unsaturated/α-hetero) is 1. The molecule has 35 heavy (non-hydrogen) atoms. The van der Waals surface area contributed by atoms with Gasteiger partial charge in [0, 0.05) is 23.1 Å². The minimum Gasteiger partial charge on any atom is -0.508 e. The maximum atomic E-state index is 13.3. The lowest BCUT2D eigenvalue weighted by atomic mass is 9.84. The van der Waals surface area contributed by atoms with E-state index in [4.69, 9.17) is 23.7 Å². The average Bonchev–Trinajstić information content (AvgIpc) is 3.18. The number of aromatic hydroxyl groups is 1. The number of carbonyl (C=O) groups is 2. The third-order valence-corrected chi connectivity index (χ3v) is 6.07. The Kier molecular flexibility index (Phi) is 5.56. The van der Waals surface area contributed by atoms with Gasteiger partial charge in [0.1, 0.15) is 23.0 Å². The summed E-state index contributed by atoms with van der Waals surface area (Å²) in [6.07, 6.45) is 1.63. The molecule has 2 aliphatic heterocycles. The summed E-state index contributed by atoms with van der Waals surface area (Å²) in [4.78, 5) is 25.6. The van der Waals surface area contributed by atoms with Gasteiger partial charge in [-0.05, 0) is 42.0 Å². The number of phenolic OH excluding ortho intramolecular Hbond substituents is 1. The lowest BCUT2D eigenvalue weighted by Crippen LogP contribution is -2.21. The van der Waals surface area contributed by atoms with Gasteiger partial charge < -0.3 is 28.8 Å². The molecule has 8 heteroatoms. The summed E-state index contributed by atoms with van der Waals surface area (Å²) in [5.74, 6) is 1.08. The molecule has 2 aliphatic rings. The highest BCUT2D eigenvalue weighted by atomic mass is 16.5. The van der Waals surface area contributed by atoms with Crippen LogP contribution < -0.4 is 23.7 Å². The predicted octanol–water partition coefficient (Wildman–Crippen LogP) is 4.48. The lowest BCUT2D eigenvalue weighted by Gasteiger charge is -2.26. The fraction of sp³-hybridized carbons (Fsp3) is 0.185. The van der Waals surface area contributed by atoms with Crippen LogP contribution in [-0.4, -0.2) is 38.2 Å². The maximum absolute atomic E-state index is 13.3. The second kappa shape index (κ2) is 8.72. The van der Waals surface area contributed by atoms with Crippen molar-refractivity contribution in [1.29, 1.82) is 0 Å². The largest absolute Gasteiger partial charge is 0.508 e. The van der Waals surface area contributed by atoms with Crippen molar-refractivity contribution in [3.63, 3.8) is 0 Å². The van der Waals surface area contributed by atoms with Gasteiger partial charge in [-0.15, -0.1) is 0 Å². The second-order valence-electron chi connectivity index (χ2n) is 8.07. The van der Waals surface area contributed by atoms with Gasteiger partial charge in [-0.2, -0.15) is 0 Å². The Labute approximate surface area is 201 Å². The van der Waals surface area contributed by atoms with Crippen molar-refractivity contribution in [3.05, 3.63) is 76.5 Å². The highest BCUT2D eigenvalue weighted by molar-refractivity contribution is 6.15. The van der Waals surface area contributed by atoms with Crippen molar-refractivity contribution in [3.8, 4) is 34.5 Å². The molecule has 0 saturated carbocycles. The van der Waals surface area contributed by atoms with E-state index in [1.54, 1.807) is 48.5 Å². The molecule has 0 spiro atoms. The lowest BCUT2D eigenvalue weighted by molar-refractivity contribution is -0.135. The number of ketones is 1. The van der Waals surface area contributed by atoms with Gasteiger partial charge in [-0.25, -0.2) is 0 Å². The van der Waals surface area contributed by atoms with Gasteiger partial charge in [-0.1, -0.05) is 12.1 Å². The first-order valence-electron chi connectivity index (χ1n) is 10.8. The van der Waals surface area contributed by atoms with Crippen molar-refractivity contribution in [2.75, 3.05) is 21.3 Å². The van der Waals surface area contributed by atoms with Crippen LogP contribution in [-0.2, 0) is 4.79 Å². The monoisotopic (exact) mass is 474 g/mol. The number of ether oxygens (including phenoxy) is 5. The summed E-state index contributed by atoms with van der Waals surface area (Å²) in [7, 11) is 4.55. The van der Waals surface area contributed by atoms with Gasteiger partial charge >= 0.3 is 5.97 Å². The van der Waals surface area contributed by atoms with E-state index in [0.29, 0.717) is 51.0 Å². The van der Waals surface area contributed by atoms with Gasteiger partial charge in [0.05, 0.1) is 33.3 Å². The first-order chi connectivity index (χ1) is 16.9. The number of carbonyl (C=O) groups excluding carboxylic acids is 2. The summed E-state index contributed by atoms with van der Waals surface area (Å²) < 4.78 is 27.7.